The van der Waals surface area contributed by atoms with Crippen molar-refractivity contribution in [2.45, 2.75) is 89.9 Å². The molecule has 0 bridgehead atoms. The molecule has 0 amide bonds. The molecule has 2 saturated carbocycles. The van der Waals surface area contributed by atoms with Gasteiger partial charge in [0.25, 0.3) is 0 Å². The fourth-order valence-corrected chi connectivity index (χ4v) is 6.80. The summed E-state index contributed by atoms with van der Waals surface area (Å²) in [6.45, 7) is 8.87. The van der Waals surface area contributed by atoms with Crippen molar-refractivity contribution in [3.63, 3.8) is 0 Å². The molecule has 1 heterocycles. The third-order valence-corrected chi connectivity index (χ3v) is 8.20. The molecule has 140 valence electrons. The van der Waals surface area contributed by atoms with E-state index in [1.54, 1.807) is 0 Å². The highest BCUT2D eigenvalue weighted by molar-refractivity contribution is 5.11. The summed E-state index contributed by atoms with van der Waals surface area (Å²) in [6, 6.07) is 0. The molecule has 1 saturated heterocycles. The van der Waals surface area contributed by atoms with Gasteiger partial charge < -0.3 is 20.1 Å². The van der Waals surface area contributed by atoms with Crippen LogP contribution >= 0.6 is 0 Å². The van der Waals surface area contributed by atoms with Crippen molar-refractivity contribution in [2.75, 3.05) is 13.2 Å². The Morgan fingerprint density at radius 2 is 1.62 bits per heavy atom. The van der Waals surface area contributed by atoms with Gasteiger partial charge in [0.2, 0.25) is 0 Å². The monoisotopic (exact) mass is 340 g/mol. The van der Waals surface area contributed by atoms with E-state index in [2.05, 4.69) is 20.8 Å². The van der Waals surface area contributed by atoms with Gasteiger partial charge in [-0.1, -0.05) is 20.3 Å². The molecular weight excluding hydrogens is 304 g/mol. The minimum Gasteiger partial charge on any atom is -0.396 e. The smallest absolute Gasteiger partial charge is 0.106 e. The van der Waals surface area contributed by atoms with Crippen LogP contribution in [0.15, 0.2) is 0 Å². The van der Waals surface area contributed by atoms with Crippen molar-refractivity contribution < 1.29 is 20.1 Å². The molecular formula is C20H36O4. The number of fused-ring (bicyclic) bond motifs is 3. The maximum Gasteiger partial charge on any atom is 0.106 e. The van der Waals surface area contributed by atoms with Crippen molar-refractivity contribution in [2.24, 2.45) is 22.7 Å². The van der Waals surface area contributed by atoms with Crippen LogP contribution in [0.2, 0.25) is 0 Å². The van der Waals surface area contributed by atoms with E-state index in [4.69, 9.17) is 4.74 Å². The lowest BCUT2D eigenvalue weighted by Crippen LogP contribution is -2.65. The van der Waals surface area contributed by atoms with E-state index >= 15 is 0 Å². The first-order chi connectivity index (χ1) is 11.1. The molecule has 24 heavy (non-hydrogen) atoms. The van der Waals surface area contributed by atoms with Crippen molar-refractivity contribution in [1.82, 2.24) is 0 Å². The summed E-state index contributed by atoms with van der Waals surface area (Å²) in [6.07, 6.45) is 6.53. The number of aliphatic hydroxyl groups excluding tert-OH is 3. The summed E-state index contributed by atoms with van der Waals surface area (Å²) in [5.74, 6) is 0.992. The Balaban J connectivity index is 1.91. The van der Waals surface area contributed by atoms with Crippen LogP contribution < -0.4 is 0 Å². The van der Waals surface area contributed by atoms with E-state index in [0.29, 0.717) is 11.8 Å². The lowest BCUT2D eigenvalue weighted by Gasteiger charge is -2.65. The van der Waals surface area contributed by atoms with Gasteiger partial charge in [0, 0.05) is 6.61 Å². The zero-order chi connectivity index (χ0) is 17.8. The van der Waals surface area contributed by atoms with Gasteiger partial charge in [-0.15, -0.1) is 0 Å². The predicted octanol–water partition coefficient (Wildman–Crippen LogP) is 2.88. The van der Waals surface area contributed by atoms with Crippen molar-refractivity contribution in [3.05, 3.63) is 0 Å². The minimum atomic E-state index is -0.824. The van der Waals surface area contributed by atoms with Crippen molar-refractivity contribution >= 4 is 0 Å². The molecule has 0 spiro atoms. The molecule has 1 aliphatic heterocycles. The first-order valence-electron chi connectivity index (χ1n) is 9.73. The average Bonchev–Trinajstić information content (AvgIpc) is 2.52. The molecule has 3 N–H and O–H groups in total. The maximum atomic E-state index is 10.3. The van der Waals surface area contributed by atoms with Gasteiger partial charge in [0.05, 0.1) is 17.8 Å². The van der Waals surface area contributed by atoms with E-state index in [0.717, 1.165) is 32.1 Å². The fourth-order valence-electron chi connectivity index (χ4n) is 6.80. The topological polar surface area (TPSA) is 69.9 Å². The van der Waals surface area contributed by atoms with Gasteiger partial charge in [-0.2, -0.15) is 0 Å². The van der Waals surface area contributed by atoms with Crippen LogP contribution in [0.3, 0.4) is 0 Å². The zero-order valence-electron chi connectivity index (χ0n) is 15.8. The maximum absolute atomic E-state index is 10.3. The molecule has 2 aliphatic carbocycles. The van der Waals surface area contributed by atoms with Crippen LogP contribution in [-0.2, 0) is 4.74 Å². The molecule has 3 aliphatic rings. The van der Waals surface area contributed by atoms with Gasteiger partial charge in [-0.05, 0) is 75.0 Å². The van der Waals surface area contributed by atoms with Gasteiger partial charge in [0.1, 0.15) is 6.10 Å². The highest BCUT2D eigenvalue weighted by Gasteiger charge is 2.62. The standard InChI is InChI=1S/C20H36O4/c1-17(13-22)8-5-9-18(2)14(17)6-10-19(3)15(18)7-11-20(4,24-19)16(23)12-21/h14-16,21-23H,5-13H2,1-4H3/t14-,15+,16+,17+,18-,19+,20-/m1/s1. The van der Waals surface area contributed by atoms with Crippen LogP contribution in [0.4, 0.5) is 0 Å². The van der Waals surface area contributed by atoms with Crippen LogP contribution in [0, 0.1) is 22.7 Å². The normalized spacial score (nSPS) is 53.1. The largest absolute Gasteiger partial charge is 0.396 e. The highest BCUT2D eigenvalue weighted by Crippen LogP contribution is 2.65. The molecule has 4 heteroatoms. The van der Waals surface area contributed by atoms with Gasteiger partial charge in [0.15, 0.2) is 0 Å². The second kappa shape index (κ2) is 5.94. The average molecular weight is 341 g/mol. The molecule has 7 atom stereocenters. The number of rotatable bonds is 3. The zero-order valence-corrected chi connectivity index (χ0v) is 15.8. The number of hydrogen-bond acceptors (Lipinski definition) is 4. The summed E-state index contributed by atoms with van der Waals surface area (Å²) in [7, 11) is 0. The predicted molar refractivity (Wildman–Crippen MR) is 93.6 cm³/mol. The highest BCUT2D eigenvalue weighted by atomic mass is 16.5. The first kappa shape index (κ1) is 18.6. The summed E-state index contributed by atoms with van der Waals surface area (Å²) in [5.41, 5.74) is -0.686. The van der Waals surface area contributed by atoms with Gasteiger partial charge >= 0.3 is 0 Å². The first-order valence-corrected chi connectivity index (χ1v) is 9.73. The van der Waals surface area contributed by atoms with Crippen molar-refractivity contribution in [3.8, 4) is 0 Å². The SMILES string of the molecule is C[C@@]1(CO)CCC[C@]2(C)[C@@H]1CC[C@]1(C)O[C@@](C)([C@@H](O)CO)CC[C@@H]21. The Kier molecular flexibility index (Phi) is 4.61. The van der Waals surface area contributed by atoms with E-state index in [1.807, 2.05) is 6.92 Å². The minimum absolute atomic E-state index is 0.0275. The molecule has 3 rings (SSSR count). The van der Waals surface area contributed by atoms with Crippen LogP contribution in [0.1, 0.15) is 72.6 Å². The van der Waals surface area contributed by atoms with Crippen LogP contribution in [0.5, 0.6) is 0 Å². The van der Waals surface area contributed by atoms with E-state index < -0.39 is 11.7 Å². The van der Waals surface area contributed by atoms with Crippen LogP contribution in [0.25, 0.3) is 0 Å². The Bertz CT molecular complexity index is 482. The summed E-state index contributed by atoms with van der Waals surface area (Å²) in [5, 5.41) is 29.7. The van der Waals surface area contributed by atoms with E-state index in [9.17, 15) is 15.3 Å². The quantitative estimate of drug-likeness (QED) is 0.739. The van der Waals surface area contributed by atoms with Crippen molar-refractivity contribution in [1.29, 1.82) is 0 Å². The number of ether oxygens (including phenoxy) is 1. The van der Waals surface area contributed by atoms with E-state index in [-0.39, 0.29) is 29.6 Å². The Hall–Kier alpha value is -0.160. The van der Waals surface area contributed by atoms with Crippen LogP contribution in [-0.4, -0.2) is 45.8 Å². The number of aliphatic hydroxyl groups is 3. The molecule has 0 aromatic heterocycles. The molecule has 0 aromatic rings. The molecule has 0 radical (unpaired) electrons. The second-order valence-corrected chi connectivity index (χ2v) is 9.78. The third-order valence-electron chi connectivity index (χ3n) is 8.20. The Morgan fingerprint density at radius 3 is 2.25 bits per heavy atom. The summed E-state index contributed by atoms with van der Waals surface area (Å²) < 4.78 is 6.56. The molecule has 3 fully saturated rings. The molecule has 4 nitrogen and oxygen atoms in total. The fraction of sp³-hybridized carbons (Fsp3) is 1.00. The number of hydrogen-bond donors (Lipinski definition) is 3. The summed E-state index contributed by atoms with van der Waals surface area (Å²) in [4.78, 5) is 0. The lowest BCUT2D eigenvalue weighted by molar-refractivity contribution is -0.289. The molecule has 0 aromatic carbocycles. The summed E-state index contributed by atoms with van der Waals surface area (Å²) >= 11 is 0. The van der Waals surface area contributed by atoms with E-state index in [1.165, 1.54) is 12.8 Å². The van der Waals surface area contributed by atoms with Gasteiger partial charge in [-0.3, -0.25) is 0 Å². The second-order valence-electron chi connectivity index (χ2n) is 9.78. The molecule has 0 unspecified atom stereocenters. The Labute approximate surface area is 146 Å². The lowest BCUT2D eigenvalue weighted by atomic mass is 9.44. The van der Waals surface area contributed by atoms with Gasteiger partial charge in [-0.25, -0.2) is 0 Å². The third kappa shape index (κ3) is 2.56. The Morgan fingerprint density at radius 1 is 0.958 bits per heavy atom.